The maximum atomic E-state index is 11.1. The van der Waals surface area contributed by atoms with E-state index in [2.05, 4.69) is 24.9 Å². The summed E-state index contributed by atoms with van der Waals surface area (Å²) >= 11 is 0. The number of aromatic carboxylic acids is 1. The number of carboxylic acid groups (broad SMARTS) is 1. The number of rotatable bonds is 2. The van der Waals surface area contributed by atoms with Crippen LogP contribution in [0.1, 0.15) is 10.4 Å². The summed E-state index contributed by atoms with van der Waals surface area (Å²) in [6, 6.07) is 1.42. The number of fused-ring (bicyclic) bond motifs is 1. The van der Waals surface area contributed by atoms with Crippen molar-refractivity contribution in [3.05, 3.63) is 36.5 Å². The number of hydrogen-bond donors (Lipinski definition) is 2. The van der Waals surface area contributed by atoms with Crippen molar-refractivity contribution in [1.29, 1.82) is 0 Å². The molecule has 18 heavy (non-hydrogen) atoms. The number of H-pyrrole nitrogens is 1. The number of hydrogen-bond acceptors (Lipinski definition) is 5. The van der Waals surface area contributed by atoms with Crippen LogP contribution >= 0.6 is 0 Å². The highest BCUT2D eigenvalue weighted by Gasteiger charge is 2.13. The molecule has 2 N–H and O–H groups in total. The van der Waals surface area contributed by atoms with Gasteiger partial charge in [-0.05, 0) is 6.07 Å². The van der Waals surface area contributed by atoms with Crippen molar-refractivity contribution in [2.24, 2.45) is 0 Å². The molecule has 0 aromatic carbocycles. The zero-order valence-electron chi connectivity index (χ0n) is 9.03. The highest BCUT2D eigenvalue weighted by Crippen LogP contribution is 2.20. The van der Waals surface area contributed by atoms with Gasteiger partial charge in [-0.15, -0.1) is 0 Å². The Kier molecular flexibility index (Phi) is 2.23. The summed E-state index contributed by atoms with van der Waals surface area (Å²) in [5.41, 5.74) is 1.56. The third-order valence-corrected chi connectivity index (χ3v) is 2.46. The van der Waals surface area contributed by atoms with E-state index in [0.717, 1.165) is 0 Å². The molecule has 0 aliphatic carbocycles. The zero-order chi connectivity index (χ0) is 12.5. The van der Waals surface area contributed by atoms with Gasteiger partial charge in [0.05, 0.1) is 16.6 Å². The molecule has 0 aliphatic heterocycles. The fraction of sp³-hybridized carbons (Fsp3) is 0. The number of aromatic nitrogens is 5. The fourth-order valence-corrected chi connectivity index (χ4v) is 1.65. The Bertz CT molecular complexity index is 723. The normalized spacial score (nSPS) is 10.7. The Hall–Kier alpha value is -2.83. The Morgan fingerprint density at radius 1 is 1.28 bits per heavy atom. The van der Waals surface area contributed by atoms with Gasteiger partial charge in [0.15, 0.2) is 5.65 Å². The zero-order valence-corrected chi connectivity index (χ0v) is 9.03. The quantitative estimate of drug-likeness (QED) is 0.696. The van der Waals surface area contributed by atoms with E-state index in [9.17, 15) is 4.79 Å². The third-order valence-electron chi connectivity index (χ3n) is 2.46. The second kappa shape index (κ2) is 3.88. The molecule has 0 unspecified atom stereocenters. The van der Waals surface area contributed by atoms with E-state index in [1.165, 1.54) is 18.6 Å². The average molecular weight is 241 g/mol. The number of carboxylic acids is 1. The molecule has 3 heterocycles. The summed E-state index contributed by atoms with van der Waals surface area (Å²) in [5, 5.41) is 9.06. The number of imidazole rings is 1. The third kappa shape index (κ3) is 1.58. The van der Waals surface area contributed by atoms with E-state index >= 15 is 0 Å². The summed E-state index contributed by atoms with van der Waals surface area (Å²) < 4.78 is 0. The average Bonchev–Trinajstić information content (AvgIpc) is 2.83. The summed E-state index contributed by atoms with van der Waals surface area (Å²) in [4.78, 5) is 30.0. The molecule has 0 aliphatic rings. The van der Waals surface area contributed by atoms with Gasteiger partial charge in [-0.25, -0.2) is 24.7 Å². The van der Waals surface area contributed by atoms with Gasteiger partial charge in [0.2, 0.25) is 0 Å². The maximum absolute atomic E-state index is 11.1. The molecule has 7 nitrogen and oxygen atoms in total. The highest BCUT2D eigenvalue weighted by atomic mass is 16.4. The van der Waals surface area contributed by atoms with Gasteiger partial charge in [-0.2, -0.15) is 0 Å². The van der Waals surface area contributed by atoms with Crippen LogP contribution < -0.4 is 0 Å². The van der Waals surface area contributed by atoms with Crippen molar-refractivity contribution >= 4 is 17.1 Å². The van der Waals surface area contributed by atoms with Gasteiger partial charge < -0.3 is 10.1 Å². The predicted molar refractivity (Wildman–Crippen MR) is 61.9 cm³/mol. The minimum atomic E-state index is -1.03. The summed E-state index contributed by atoms with van der Waals surface area (Å²) in [5.74, 6) is -0.534. The fourth-order valence-electron chi connectivity index (χ4n) is 1.65. The first-order valence-corrected chi connectivity index (χ1v) is 5.09. The topological polar surface area (TPSA) is 105 Å². The maximum Gasteiger partial charge on any atom is 0.338 e. The lowest BCUT2D eigenvalue weighted by molar-refractivity contribution is 0.0699. The molecule has 0 amide bonds. The molecule has 0 bridgehead atoms. The standard InChI is InChI=1S/C11H7N5O2/c17-11(18)7-1-2-14-10-8(7)15-9(16-10)6-3-12-5-13-4-6/h1-5H,(H,17,18)(H,14,15,16). The summed E-state index contributed by atoms with van der Waals surface area (Å²) in [6.07, 6.45) is 6.00. The smallest absolute Gasteiger partial charge is 0.338 e. The van der Waals surface area contributed by atoms with E-state index in [4.69, 9.17) is 5.11 Å². The molecular formula is C11H7N5O2. The largest absolute Gasteiger partial charge is 0.478 e. The van der Waals surface area contributed by atoms with Crippen LogP contribution in [0.2, 0.25) is 0 Å². The Morgan fingerprint density at radius 3 is 2.78 bits per heavy atom. The Balaban J connectivity index is 2.23. The molecule has 0 fully saturated rings. The molecule has 0 atom stereocenters. The van der Waals surface area contributed by atoms with Crippen LogP contribution in [-0.4, -0.2) is 36.0 Å². The molecule has 0 spiro atoms. The van der Waals surface area contributed by atoms with E-state index in [-0.39, 0.29) is 5.56 Å². The molecule has 3 aromatic rings. The van der Waals surface area contributed by atoms with Crippen molar-refractivity contribution in [2.75, 3.05) is 0 Å². The first-order valence-electron chi connectivity index (χ1n) is 5.09. The van der Waals surface area contributed by atoms with Crippen molar-refractivity contribution in [3.63, 3.8) is 0 Å². The van der Waals surface area contributed by atoms with Crippen LogP contribution in [-0.2, 0) is 0 Å². The second-order valence-corrected chi connectivity index (χ2v) is 3.57. The van der Waals surface area contributed by atoms with E-state index in [1.54, 1.807) is 12.4 Å². The van der Waals surface area contributed by atoms with Crippen LogP contribution in [0.25, 0.3) is 22.6 Å². The van der Waals surface area contributed by atoms with Gasteiger partial charge in [0.25, 0.3) is 0 Å². The second-order valence-electron chi connectivity index (χ2n) is 3.57. The minimum absolute atomic E-state index is 0.135. The number of nitrogens with one attached hydrogen (secondary N) is 1. The number of aromatic amines is 1. The van der Waals surface area contributed by atoms with Gasteiger partial charge in [-0.3, -0.25) is 0 Å². The molecule has 0 radical (unpaired) electrons. The first kappa shape index (κ1) is 10.3. The van der Waals surface area contributed by atoms with Gasteiger partial charge in [0, 0.05) is 18.6 Å². The van der Waals surface area contributed by atoms with Gasteiger partial charge in [-0.1, -0.05) is 0 Å². The van der Waals surface area contributed by atoms with Gasteiger partial charge in [0.1, 0.15) is 12.2 Å². The van der Waals surface area contributed by atoms with E-state index in [1.807, 2.05) is 0 Å². The molecule has 3 aromatic heterocycles. The molecule has 3 rings (SSSR count). The van der Waals surface area contributed by atoms with Crippen LogP contribution in [0, 0.1) is 0 Å². The summed E-state index contributed by atoms with van der Waals surface area (Å²) in [7, 11) is 0. The molecule has 0 saturated heterocycles. The highest BCUT2D eigenvalue weighted by molar-refractivity contribution is 6.00. The van der Waals surface area contributed by atoms with E-state index in [0.29, 0.717) is 22.6 Å². The first-order chi connectivity index (χ1) is 8.75. The van der Waals surface area contributed by atoms with E-state index < -0.39 is 5.97 Å². The van der Waals surface area contributed by atoms with Crippen molar-refractivity contribution in [1.82, 2.24) is 24.9 Å². The molecule has 88 valence electrons. The monoisotopic (exact) mass is 241 g/mol. The lowest BCUT2D eigenvalue weighted by Crippen LogP contribution is -1.97. The number of nitrogens with zero attached hydrogens (tertiary/aromatic N) is 4. The minimum Gasteiger partial charge on any atom is -0.478 e. The van der Waals surface area contributed by atoms with Crippen LogP contribution in [0.5, 0.6) is 0 Å². The summed E-state index contributed by atoms with van der Waals surface area (Å²) in [6.45, 7) is 0. The molecule has 0 saturated carbocycles. The van der Waals surface area contributed by atoms with Crippen LogP contribution in [0.3, 0.4) is 0 Å². The molecule has 7 heteroatoms. The van der Waals surface area contributed by atoms with Crippen LogP contribution in [0.15, 0.2) is 31.0 Å². The number of pyridine rings is 1. The van der Waals surface area contributed by atoms with Crippen molar-refractivity contribution in [3.8, 4) is 11.4 Å². The predicted octanol–water partition coefficient (Wildman–Crippen LogP) is 1.11. The molecular weight excluding hydrogens is 234 g/mol. The lowest BCUT2D eigenvalue weighted by Gasteiger charge is -1.94. The van der Waals surface area contributed by atoms with Crippen LogP contribution in [0.4, 0.5) is 0 Å². The lowest BCUT2D eigenvalue weighted by atomic mass is 10.2. The van der Waals surface area contributed by atoms with Gasteiger partial charge >= 0.3 is 5.97 Å². The Labute approximate surface area is 101 Å². The number of carbonyl (C=O) groups is 1. The van der Waals surface area contributed by atoms with Crippen molar-refractivity contribution < 1.29 is 9.90 Å². The van der Waals surface area contributed by atoms with Crippen molar-refractivity contribution in [2.45, 2.75) is 0 Å². The SMILES string of the molecule is O=C(O)c1ccnc2nc(-c3cncnc3)[nH]c12. The Morgan fingerprint density at radius 2 is 2.06 bits per heavy atom.